The van der Waals surface area contributed by atoms with Gasteiger partial charge in [-0.15, -0.1) is 5.10 Å². The molecule has 0 unspecified atom stereocenters. The fourth-order valence-electron chi connectivity index (χ4n) is 1.46. The lowest BCUT2D eigenvalue weighted by molar-refractivity contribution is 0.766. The Morgan fingerprint density at radius 3 is 2.75 bits per heavy atom. The normalized spacial score (nSPS) is 10.9. The maximum absolute atomic E-state index is 4.27. The van der Waals surface area contributed by atoms with Crippen LogP contribution < -0.4 is 0 Å². The topological polar surface area (TPSA) is 43.6 Å². The molecule has 0 amide bonds. The maximum Gasteiger partial charge on any atom is 0.180 e. The Kier molecular flexibility index (Phi) is 1.36. The van der Waals surface area contributed by atoms with Gasteiger partial charge in [-0.3, -0.25) is 0 Å². The second-order valence-corrected chi connectivity index (χ2v) is 2.94. The Hall–Kier alpha value is -1.45. The molecule has 2 aromatic rings. The van der Waals surface area contributed by atoms with Crippen LogP contribution in [0.25, 0.3) is 11.0 Å². The highest BCUT2D eigenvalue weighted by molar-refractivity contribution is 5.80. The van der Waals surface area contributed by atoms with Gasteiger partial charge >= 0.3 is 0 Å². The van der Waals surface area contributed by atoms with Crippen molar-refractivity contribution in [2.75, 3.05) is 0 Å². The van der Waals surface area contributed by atoms with E-state index < -0.39 is 0 Å². The van der Waals surface area contributed by atoms with E-state index in [1.807, 2.05) is 20.9 Å². The van der Waals surface area contributed by atoms with Crippen molar-refractivity contribution in [3.63, 3.8) is 0 Å². The zero-order chi connectivity index (χ0) is 8.72. The molecule has 2 aromatic heterocycles. The van der Waals surface area contributed by atoms with Crippen LogP contribution in [0.15, 0.2) is 6.20 Å². The summed E-state index contributed by atoms with van der Waals surface area (Å²) in [5, 5.41) is 13.3. The third-order valence-corrected chi connectivity index (χ3v) is 1.99. The van der Waals surface area contributed by atoms with E-state index in [4.69, 9.17) is 0 Å². The monoisotopic (exact) mass is 162 g/mol. The van der Waals surface area contributed by atoms with Gasteiger partial charge in [0.05, 0.1) is 11.9 Å². The Morgan fingerprint density at radius 2 is 2.08 bits per heavy atom. The first kappa shape index (κ1) is 7.21. The molecular weight excluding hydrogens is 152 g/mol. The molecule has 12 heavy (non-hydrogen) atoms. The summed E-state index contributed by atoms with van der Waals surface area (Å²) in [7, 11) is 1.88. The quantitative estimate of drug-likeness (QED) is 0.580. The number of aryl methyl sites for hydroxylation is 3. The molecule has 0 radical (unpaired) electrons. The average molecular weight is 162 g/mol. The minimum atomic E-state index is 0.854. The van der Waals surface area contributed by atoms with E-state index in [0.717, 1.165) is 22.3 Å². The number of aromatic nitrogens is 4. The molecule has 0 bridgehead atoms. The van der Waals surface area contributed by atoms with Gasteiger partial charge in [0.2, 0.25) is 0 Å². The van der Waals surface area contributed by atoms with E-state index in [1.165, 1.54) is 0 Å². The Balaban J connectivity index is 2.99. The second kappa shape index (κ2) is 2.27. The smallest absolute Gasteiger partial charge is 0.180 e. The predicted molar refractivity (Wildman–Crippen MR) is 45.8 cm³/mol. The summed E-state index contributed by atoms with van der Waals surface area (Å²) < 4.78 is 1.75. The van der Waals surface area contributed by atoms with Crippen molar-refractivity contribution in [2.45, 2.75) is 13.8 Å². The molecule has 0 aliphatic carbocycles. The fraction of sp³-hybridized carbons (Fsp3) is 0.375. The first-order valence-corrected chi connectivity index (χ1v) is 3.81. The third kappa shape index (κ3) is 0.809. The Bertz CT molecular complexity index is 430. The van der Waals surface area contributed by atoms with Gasteiger partial charge < -0.3 is 0 Å². The molecule has 0 saturated heterocycles. The van der Waals surface area contributed by atoms with Crippen molar-refractivity contribution in [2.24, 2.45) is 7.05 Å². The van der Waals surface area contributed by atoms with E-state index in [-0.39, 0.29) is 0 Å². The van der Waals surface area contributed by atoms with Crippen LogP contribution in [0.1, 0.15) is 11.3 Å². The zero-order valence-electron chi connectivity index (χ0n) is 7.37. The summed E-state index contributed by atoms with van der Waals surface area (Å²) in [5.74, 6) is 0. The number of hydrogen-bond acceptors (Lipinski definition) is 3. The van der Waals surface area contributed by atoms with Crippen LogP contribution in [0, 0.1) is 13.8 Å². The van der Waals surface area contributed by atoms with Crippen molar-refractivity contribution < 1.29 is 0 Å². The van der Waals surface area contributed by atoms with Gasteiger partial charge in [-0.1, -0.05) is 0 Å². The van der Waals surface area contributed by atoms with E-state index in [2.05, 4.69) is 15.3 Å². The maximum atomic E-state index is 4.27. The zero-order valence-corrected chi connectivity index (χ0v) is 7.37. The fourth-order valence-corrected chi connectivity index (χ4v) is 1.46. The molecule has 2 rings (SSSR count). The molecule has 62 valence electrons. The second-order valence-electron chi connectivity index (χ2n) is 2.94. The Morgan fingerprint density at radius 1 is 1.33 bits per heavy atom. The van der Waals surface area contributed by atoms with Gasteiger partial charge in [-0.25, -0.2) is 4.68 Å². The first-order valence-electron chi connectivity index (χ1n) is 3.81. The number of rotatable bonds is 0. The SMILES string of the molecule is Cc1cnnc2c1c(C)nn2C. The van der Waals surface area contributed by atoms with Crippen LogP contribution in [0.4, 0.5) is 0 Å². The van der Waals surface area contributed by atoms with Crippen LogP contribution in [0.3, 0.4) is 0 Å². The van der Waals surface area contributed by atoms with Crippen molar-refractivity contribution in [1.82, 2.24) is 20.0 Å². The lowest BCUT2D eigenvalue weighted by Crippen LogP contribution is -1.93. The molecule has 0 aliphatic rings. The van der Waals surface area contributed by atoms with Gasteiger partial charge in [-0.2, -0.15) is 10.2 Å². The standard InChI is InChI=1S/C8H10N4/c1-5-4-9-10-8-7(5)6(2)11-12(8)3/h4H,1-3H3. The first-order chi connectivity index (χ1) is 5.70. The third-order valence-electron chi connectivity index (χ3n) is 1.99. The van der Waals surface area contributed by atoms with Crippen LogP contribution >= 0.6 is 0 Å². The molecule has 0 atom stereocenters. The summed E-state index contributed by atoms with van der Waals surface area (Å²) in [5.41, 5.74) is 3.00. The summed E-state index contributed by atoms with van der Waals surface area (Å²) in [6.45, 7) is 4.00. The largest absolute Gasteiger partial charge is 0.249 e. The molecule has 4 heteroatoms. The van der Waals surface area contributed by atoms with Crippen molar-refractivity contribution >= 4 is 11.0 Å². The summed E-state index contributed by atoms with van der Waals surface area (Å²) >= 11 is 0. The van der Waals surface area contributed by atoms with Crippen LogP contribution in [-0.4, -0.2) is 20.0 Å². The highest BCUT2D eigenvalue weighted by atomic mass is 15.3. The molecule has 2 heterocycles. The molecule has 0 fully saturated rings. The number of fused-ring (bicyclic) bond motifs is 1. The Labute approximate surface area is 70.2 Å². The summed E-state index contributed by atoms with van der Waals surface area (Å²) in [4.78, 5) is 0. The van der Waals surface area contributed by atoms with Crippen LogP contribution in [0.2, 0.25) is 0 Å². The molecule has 0 spiro atoms. The van der Waals surface area contributed by atoms with E-state index >= 15 is 0 Å². The summed E-state index contributed by atoms with van der Waals surface area (Å²) in [6.07, 6.45) is 1.76. The molecule has 0 saturated carbocycles. The average Bonchev–Trinajstić information content (AvgIpc) is 2.29. The van der Waals surface area contributed by atoms with Crippen molar-refractivity contribution in [3.05, 3.63) is 17.5 Å². The lowest BCUT2D eigenvalue weighted by atomic mass is 10.2. The van der Waals surface area contributed by atoms with Gasteiger partial charge in [0, 0.05) is 12.4 Å². The van der Waals surface area contributed by atoms with Gasteiger partial charge in [0.1, 0.15) is 0 Å². The van der Waals surface area contributed by atoms with Gasteiger partial charge in [0.25, 0.3) is 0 Å². The van der Waals surface area contributed by atoms with E-state index in [0.29, 0.717) is 0 Å². The van der Waals surface area contributed by atoms with Gasteiger partial charge in [0.15, 0.2) is 5.65 Å². The molecule has 0 aromatic carbocycles. The minimum Gasteiger partial charge on any atom is -0.249 e. The van der Waals surface area contributed by atoms with E-state index in [9.17, 15) is 0 Å². The molecule has 0 aliphatic heterocycles. The highest BCUT2D eigenvalue weighted by Crippen LogP contribution is 2.17. The molecular formula is C8H10N4. The minimum absolute atomic E-state index is 0.854. The predicted octanol–water partition coefficient (Wildman–Crippen LogP) is 0.980. The van der Waals surface area contributed by atoms with Crippen molar-refractivity contribution in [3.8, 4) is 0 Å². The number of hydrogen-bond donors (Lipinski definition) is 0. The van der Waals surface area contributed by atoms with Crippen LogP contribution in [0.5, 0.6) is 0 Å². The highest BCUT2D eigenvalue weighted by Gasteiger charge is 2.07. The molecule has 4 nitrogen and oxygen atoms in total. The summed E-state index contributed by atoms with van der Waals surface area (Å²) in [6, 6.07) is 0. The van der Waals surface area contributed by atoms with Crippen LogP contribution in [-0.2, 0) is 7.05 Å². The molecule has 0 N–H and O–H groups in total. The number of nitrogens with zero attached hydrogens (tertiary/aromatic N) is 4. The van der Waals surface area contributed by atoms with E-state index in [1.54, 1.807) is 10.9 Å². The van der Waals surface area contributed by atoms with Gasteiger partial charge in [-0.05, 0) is 19.4 Å². The lowest BCUT2D eigenvalue weighted by Gasteiger charge is -1.93. The van der Waals surface area contributed by atoms with Crippen molar-refractivity contribution in [1.29, 1.82) is 0 Å².